The number of nitrogens with two attached hydrogens (primary N) is 1. The lowest BCUT2D eigenvalue weighted by molar-refractivity contribution is 0.0937. The maximum atomic E-state index is 13.0. The van der Waals surface area contributed by atoms with Crippen molar-refractivity contribution in [2.24, 2.45) is 11.8 Å². The molecular formula is C32H41N3O2S. The number of rotatable bonds is 10. The molecule has 5 nitrogen and oxygen atoms in total. The molecule has 0 radical (unpaired) electrons. The molecular weight excluding hydrogens is 490 g/mol. The van der Waals surface area contributed by atoms with Gasteiger partial charge < -0.3 is 15.7 Å². The van der Waals surface area contributed by atoms with Crippen LogP contribution in [0, 0.1) is 11.8 Å². The average molecular weight is 532 g/mol. The Hall–Kier alpha value is -2.70. The van der Waals surface area contributed by atoms with E-state index in [9.17, 15) is 9.90 Å². The third-order valence-electron chi connectivity index (χ3n) is 8.63. The lowest BCUT2D eigenvalue weighted by Crippen LogP contribution is -2.41. The van der Waals surface area contributed by atoms with Crippen molar-refractivity contribution in [3.63, 3.8) is 0 Å². The number of nitrogens with zero attached hydrogens (tertiary/aromatic N) is 2. The fourth-order valence-corrected chi connectivity index (χ4v) is 7.36. The van der Waals surface area contributed by atoms with Crippen LogP contribution in [0.4, 0.5) is 5.13 Å². The van der Waals surface area contributed by atoms with E-state index in [2.05, 4.69) is 16.8 Å². The SMILES string of the molecule is CCCN(CCC1CCC(CC(=O)c2ccc(-c3ccc(O)cc3)cc2)CC1)[C@H]1CCc2nc(N)sc2C1. The number of anilines is 1. The molecule has 2 aliphatic carbocycles. The van der Waals surface area contributed by atoms with Crippen LogP contribution in [0.25, 0.3) is 11.1 Å². The monoisotopic (exact) mass is 531 g/mol. The number of carbonyl (C=O) groups excluding carboxylic acids is 1. The van der Waals surface area contributed by atoms with Crippen molar-refractivity contribution in [1.82, 2.24) is 9.88 Å². The molecule has 0 spiro atoms. The fraction of sp³-hybridized carbons (Fsp3) is 0.500. The number of nitrogen functional groups attached to an aromatic ring is 1. The maximum absolute atomic E-state index is 13.0. The Labute approximate surface area is 231 Å². The molecule has 202 valence electrons. The van der Waals surface area contributed by atoms with Gasteiger partial charge in [0, 0.05) is 22.9 Å². The second-order valence-corrected chi connectivity index (χ2v) is 12.4. The summed E-state index contributed by atoms with van der Waals surface area (Å²) < 4.78 is 0. The number of Topliss-reactive ketones (excluding diaryl/α,β-unsaturated/α-hetero) is 1. The largest absolute Gasteiger partial charge is 0.508 e. The summed E-state index contributed by atoms with van der Waals surface area (Å²) in [7, 11) is 0. The van der Waals surface area contributed by atoms with Gasteiger partial charge in [0.2, 0.25) is 0 Å². The van der Waals surface area contributed by atoms with E-state index >= 15 is 0 Å². The number of aromatic hydroxyl groups is 1. The van der Waals surface area contributed by atoms with Gasteiger partial charge in [0.25, 0.3) is 0 Å². The van der Waals surface area contributed by atoms with E-state index < -0.39 is 0 Å². The standard InChI is InChI=1S/C32H41N3O2S/c1-2-18-35(27-13-16-29-31(21-27)38-32(33)34-29)19-17-22-3-5-23(6-4-22)20-30(37)26-9-7-24(8-10-26)25-11-14-28(36)15-12-25/h7-12,14-15,22-23,27,36H,2-6,13,16-21H2,1H3,(H2,33,34)/t22?,23?,27-/m0/s1. The van der Waals surface area contributed by atoms with E-state index in [1.54, 1.807) is 23.5 Å². The Balaban J connectivity index is 1.07. The molecule has 1 saturated carbocycles. The third-order valence-corrected chi connectivity index (χ3v) is 9.58. The zero-order valence-electron chi connectivity index (χ0n) is 22.6. The van der Waals surface area contributed by atoms with Crippen molar-refractivity contribution in [3.8, 4) is 16.9 Å². The van der Waals surface area contributed by atoms with Crippen LogP contribution >= 0.6 is 11.3 Å². The van der Waals surface area contributed by atoms with E-state index in [4.69, 9.17) is 5.73 Å². The summed E-state index contributed by atoms with van der Waals surface area (Å²) >= 11 is 1.68. The van der Waals surface area contributed by atoms with Crippen LogP contribution in [0.3, 0.4) is 0 Å². The van der Waals surface area contributed by atoms with Crippen LogP contribution in [0.15, 0.2) is 48.5 Å². The Morgan fingerprint density at radius 3 is 2.32 bits per heavy atom. The van der Waals surface area contributed by atoms with E-state index in [0.717, 1.165) is 40.6 Å². The summed E-state index contributed by atoms with van der Waals surface area (Å²) in [5.74, 6) is 1.82. The highest BCUT2D eigenvalue weighted by atomic mass is 32.1. The topological polar surface area (TPSA) is 79.5 Å². The lowest BCUT2D eigenvalue weighted by atomic mass is 9.78. The minimum absolute atomic E-state index is 0.263. The number of phenolic OH excluding ortho intramolecular Hbond substituents is 1. The molecule has 38 heavy (non-hydrogen) atoms. The molecule has 2 aromatic carbocycles. The lowest BCUT2D eigenvalue weighted by Gasteiger charge is -2.36. The van der Waals surface area contributed by atoms with Gasteiger partial charge in [-0.05, 0) is 93.1 Å². The molecule has 0 unspecified atom stereocenters. The number of benzene rings is 2. The van der Waals surface area contributed by atoms with Gasteiger partial charge in [0.05, 0.1) is 5.69 Å². The molecule has 2 aliphatic rings. The molecule has 0 aliphatic heterocycles. The molecule has 0 bridgehead atoms. The highest BCUT2D eigenvalue weighted by Crippen LogP contribution is 2.35. The molecule has 0 amide bonds. The molecule has 1 heterocycles. The fourth-order valence-electron chi connectivity index (χ4n) is 6.41. The Bertz CT molecular complexity index is 1200. The number of phenols is 1. The molecule has 3 aromatic rings. The number of hydrogen-bond acceptors (Lipinski definition) is 6. The number of thiazole rings is 1. The smallest absolute Gasteiger partial charge is 0.180 e. The number of aromatic nitrogens is 1. The summed E-state index contributed by atoms with van der Waals surface area (Å²) in [6.07, 6.45) is 11.3. The summed E-state index contributed by atoms with van der Waals surface area (Å²) in [5, 5.41) is 10.2. The molecule has 1 fully saturated rings. The average Bonchev–Trinajstić information content (AvgIpc) is 3.31. The zero-order valence-corrected chi connectivity index (χ0v) is 23.4. The first-order valence-electron chi connectivity index (χ1n) is 14.4. The van der Waals surface area contributed by atoms with Gasteiger partial charge in [-0.15, -0.1) is 11.3 Å². The van der Waals surface area contributed by atoms with Crippen LogP contribution in [0.1, 0.15) is 79.2 Å². The van der Waals surface area contributed by atoms with Crippen molar-refractivity contribution in [2.75, 3.05) is 18.8 Å². The van der Waals surface area contributed by atoms with Gasteiger partial charge in [0.15, 0.2) is 10.9 Å². The Morgan fingerprint density at radius 2 is 1.63 bits per heavy atom. The van der Waals surface area contributed by atoms with Crippen LogP contribution in [-0.2, 0) is 12.8 Å². The van der Waals surface area contributed by atoms with Crippen molar-refractivity contribution < 1.29 is 9.90 Å². The van der Waals surface area contributed by atoms with Crippen LogP contribution < -0.4 is 5.73 Å². The summed E-state index contributed by atoms with van der Waals surface area (Å²) in [5.41, 5.74) is 10.1. The molecule has 5 rings (SSSR count). The Kier molecular flexibility index (Phi) is 8.80. The first-order chi connectivity index (χ1) is 18.5. The van der Waals surface area contributed by atoms with Crippen molar-refractivity contribution in [1.29, 1.82) is 0 Å². The predicted octanol–water partition coefficient (Wildman–Crippen LogP) is 7.14. The normalized spacial score (nSPS) is 21.4. The highest BCUT2D eigenvalue weighted by Gasteiger charge is 2.28. The number of hydrogen-bond donors (Lipinski definition) is 2. The van der Waals surface area contributed by atoms with Gasteiger partial charge >= 0.3 is 0 Å². The highest BCUT2D eigenvalue weighted by molar-refractivity contribution is 7.15. The zero-order chi connectivity index (χ0) is 26.5. The number of aryl methyl sites for hydroxylation is 1. The van der Waals surface area contributed by atoms with Crippen LogP contribution in [0.2, 0.25) is 0 Å². The minimum atomic E-state index is 0.263. The number of fused-ring (bicyclic) bond motifs is 1. The van der Waals surface area contributed by atoms with Crippen molar-refractivity contribution >= 4 is 22.3 Å². The third kappa shape index (κ3) is 6.65. The first-order valence-corrected chi connectivity index (χ1v) is 15.2. The van der Waals surface area contributed by atoms with E-state index in [0.29, 0.717) is 18.4 Å². The second-order valence-electron chi connectivity index (χ2n) is 11.3. The second kappa shape index (κ2) is 12.4. The van der Waals surface area contributed by atoms with E-state index in [-0.39, 0.29) is 11.5 Å². The van der Waals surface area contributed by atoms with Crippen LogP contribution in [-0.4, -0.2) is 39.9 Å². The minimum Gasteiger partial charge on any atom is -0.508 e. The maximum Gasteiger partial charge on any atom is 0.180 e. The van der Waals surface area contributed by atoms with Gasteiger partial charge in [-0.3, -0.25) is 4.79 Å². The summed E-state index contributed by atoms with van der Waals surface area (Å²) in [4.78, 5) is 21.6. The molecule has 6 heteroatoms. The van der Waals surface area contributed by atoms with Crippen molar-refractivity contribution in [2.45, 2.75) is 77.2 Å². The van der Waals surface area contributed by atoms with Gasteiger partial charge in [-0.1, -0.05) is 56.2 Å². The first kappa shape index (κ1) is 26.9. The summed E-state index contributed by atoms with van der Waals surface area (Å²) in [6, 6.07) is 15.7. The molecule has 1 atom stereocenters. The molecule has 3 N–H and O–H groups in total. The Morgan fingerprint density at radius 1 is 0.974 bits per heavy atom. The molecule has 0 saturated heterocycles. The number of carbonyl (C=O) groups is 1. The predicted molar refractivity (Wildman–Crippen MR) is 157 cm³/mol. The van der Waals surface area contributed by atoms with E-state index in [1.807, 2.05) is 36.4 Å². The quantitative estimate of drug-likeness (QED) is 0.272. The summed E-state index contributed by atoms with van der Waals surface area (Å²) in [6.45, 7) is 4.64. The number of ketones is 1. The van der Waals surface area contributed by atoms with Gasteiger partial charge in [-0.2, -0.15) is 0 Å². The molecule has 1 aromatic heterocycles. The van der Waals surface area contributed by atoms with Crippen LogP contribution in [0.5, 0.6) is 5.75 Å². The van der Waals surface area contributed by atoms with Gasteiger partial charge in [-0.25, -0.2) is 4.98 Å². The van der Waals surface area contributed by atoms with Crippen molar-refractivity contribution in [3.05, 3.63) is 64.7 Å². The van der Waals surface area contributed by atoms with Gasteiger partial charge in [0.1, 0.15) is 5.75 Å². The van der Waals surface area contributed by atoms with E-state index in [1.165, 1.54) is 68.6 Å².